The summed E-state index contributed by atoms with van der Waals surface area (Å²) in [6.07, 6.45) is 1.56. The highest BCUT2D eigenvalue weighted by molar-refractivity contribution is 5.77. The fourth-order valence-electron chi connectivity index (χ4n) is 3.14. The SMILES string of the molecule is CCC(=O)OC(C)CN[C@@H](Cc1ccc(OC(=O)CCC(C)C)c(OC(=O)CCC(C)C)c1)C(=O)O. The van der Waals surface area contributed by atoms with Crippen LogP contribution in [0.1, 0.15) is 79.2 Å². The van der Waals surface area contributed by atoms with Gasteiger partial charge < -0.3 is 24.6 Å². The summed E-state index contributed by atoms with van der Waals surface area (Å²) in [5.41, 5.74) is 0.571. The predicted octanol–water partition coefficient (Wildman–Crippen LogP) is 4.30. The van der Waals surface area contributed by atoms with Gasteiger partial charge in [0.15, 0.2) is 11.5 Å². The number of esters is 3. The second-order valence-corrected chi connectivity index (χ2v) is 9.75. The van der Waals surface area contributed by atoms with Crippen LogP contribution in [0.25, 0.3) is 0 Å². The Hall–Kier alpha value is -2.94. The summed E-state index contributed by atoms with van der Waals surface area (Å²) in [6.45, 7) is 11.5. The van der Waals surface area contributed by atoms with Gasteiger partial charge in [0, 0.05) is 25.8 Å². The van der Waals surface area contributed by atoms with E-state index in [1.165, 1.54) is 12.1 Å². The number of aliphatic carboxylic acids is 1. The number of carboxylic acids is 1. The molecule has 0 saturated carbocycles. The standard InChI is InChI=1S/C27H41NO8/c1-7-24(29)34-19(6)16-28-21(27(32)33)14-20-10-11-22(35-25(30)12-8-17(2)3)23(15-20)36-26(31)13-9-18(4)5/h10-11,15,17-19,21,28H,7-9,12-14,16H2,1-6H3,(H,32,33)/t19?,21-/m0/s1. The molecule has 0 radical (unpaired) electrons. The molecule has 0 aliphatic heterocycles. The minimum absolute atomic E-state index is 0.0713. The van der Waals surface area contributed by atoms with Crippen LogP contribution < -0.4 is 14.8 Å². The lowest BCUT2D eigenvalue weighted by atomic mass is 10.0. The molecule has 0 aliphatic rings. The Labute approximate surface area is 213 Å². The molecule has 0 spiro atoms. The third-order valence-corrected chi connectivity index (χ3v) is 5.32. The van der Waals surface area contributed by atoms with Crippen molar-refractivity contribution in [3.8, 4) is 11.5 Å². The molecule has 0 heterocycles. The lowest BCUT2D eigenvalue weighted by Gasteiger charge is -2.19. The number of hydrogen-bond acceptors (Lipinski definition) is 8. The van der Waals surface area contributed by atoms with Crippen molar-refractivity contribution in [2.24, 2.45) is 11.8 Å². The Morgan fingerprint density at radius 2 is 1.42 bits per heavy atom. The molecule has 1 aromatic rings. The molecule has 202 valence electrons. The summed E-state index contributed by atoms with van der Waals surface area (Å²) in [7, 11) is 0. The predicted molar refractivity (Wildman–Crippen MR) is 135 cm³/mol. The number of benzene rings is 1. The Balaban J connectivity index is 3.01. The summed E-state index contributed by atoms with van der Waals surface area (Å²) in [5, 5.41) is 12.6. The fourth-order valence-corrected chi connectivity index (χ4v) is 3.14. The maximum absolute atomic E-state index is 12.4. The van der Waals surface area contributed by atoms with Crippen LogP contribution in [0.2, 0.25) is 0 Å². The molecule has 1 unspecified atom stereocenters. The van der Waals surface area contributed by atoms with E-state index in [2.05, 4.69) is 5.32 Å². The van der Waals surface area contributed by atoms with Crippen LogP contribution in [0.3, 0.4) is 0 Å². The van der Waals surface area contributed by atoms with E-state index >= 15 is 0 Å². The summed E-state index contributed by atoms with van der Waals surface area (Å²) in [6, 6.07) is 3.69. The van der Waals surface area contributed by atoms with Crippen molar-refractivity contribution in [3.63, 3.8) is 0 Å². The van der Waals surface area contributed by atoms with Gasteiger partial charge in [-0.15, -0.1) is 0 Å². The first-order valence-electron chi connectivity index (χ1n) is 12.6. The first-order valence-corrected chi connectivity index (χ1v) is 12.6. The zero-order valence-electron chi connectivity index (χ0n) is 22.3. The normalized spacial score (nSPS) is 12.8. The topological polar surface area (TPSA) is 128 Å². The monoisotopic (exact) mass is 507 g/mol. The lowest BCUT2D eigenvalue weighted by Crippen LogP contribution is -2.42. The Morgan fingerprint density at radius 1 is 0.861 bits per heavy atom. The highest BCUT2D eigenvalue weighted by Gasteiger charge is 2.22. The highest BCUT2D eigenvalue weighted by Crippen LogP contribution is 2.30. The molecule has 9 heteroatoms. The van der Waals surface area contributed by atoms with E-state index in [1.54, 1.807) is 19.9 Å². The van der Waals surface area contributed by atoms with E-state index in [0.29, 0.717) is 30.2 Å². The van der Waals surface area contributed by atoms with Crippen LogP contribution in [0.15, 0.2) is 18.2 Å². The van der Waals surface area contributed by atoms with Gasteiger partial charge in [-0.3, -0.25) is 19.2 Å². The summed E-state index contributed by atoms with van der Waals surface area (Å²) >= 11 is 0. The van der Waals surface area contributed by atoms with E-state index in [9.17, 15) is 24.3 Å². The zero-order valence-corrected chi connectivity index (χ0v) is 22.3. The van der Waals surface area contributed by atoms with E-state index in [0.717, 1.165) is 0 Å². The third kappa shape index (κ3) is 12.7. The third-order valence-electron chi connectivity index (χ3n) is 5.32. The molecular weight excluding hydrogens is 466 g/mol. The van der Waals surface area contributed by atoms with Crippen LogP contribution in [-0.4, -0.2) is 47.7 Å². The summed E-state index contributed by atoms with van der Waals surface area (Å²) in [5.74, 6) is -1.49. The van der Waals surface area contributed by atoms with Gasteiger partial charge in [0.2, 0.25) is 0 Å². The fraction of sp³-hybridized carbons (Fsp3) is 0.630. The number of hydrogen-bond donors (Lipinski definition) is 2. The van der Waals surface area contributed by atoms with Gasteiger partial charge in [-0.05, 0) is 55.7 Å². The minimum atomic E-state index is -1.08. The van der Waals surface area contributed by atoms with Crippen LogP contribution >= 0.6 is 0 Å². The number of carbonyl (C=O) groups is 4. The number of rotatable bonds is 16. The quantitative estimate of drug-likeness (QED) is 0.249. The molecule has 0 saturated heterocycles. The van der Waals surface area contributed by atoms with Crippen LogP contribution in [0.5, 0.6) is 11.5 Å². The van der Waals surface area contributed by atoms with Gasteiger partial charge in [-0.1, -0.05) is 40.7 Å². The van der Waals surface area contributed by atoms with Crippen LogP contribution in [-0.2, 0) is 30.3 Å². The minimum Gasteiger partial charge on any atom is -0.480 e. The van der Waals surface area contributed by atoms with Crippen molar-refractivity contribution >= 4 is 23.9 Å². The lowest BCUT2D eigenvalue weighted by molar-refractivity contribution is -0.147. The average Bonchev–Trinajstić information content (AvgIpc) is 2.80. The van der Waals surface area contributed by atoms with Crippen molar-refractivity contribution in [1.29, 1.82) is 0 Å². The van der Waals surface area contributed by atoms with Gasteiger partial charge in [0.05, 0.1) is 0 Å². The second kappa shape index (κ2) is 15.9. The molecule has 0 aromatic heterocycles. The Bertz CT molecular complexity index is 881. The molecule has 0 bridgehead atoms. The first kappa shape index (κ1) is 31.1. The Kier molecular flexibility index (Phi) is 13.8. The van der Waals surface area contributed by atoms with Gasteiger partial charge in [-0.2, -0.15) is 0 Å². The smallest absolute Gasteiger partial charge is 0.321 e. The molecule has 2 atom stereocenters. The summed E-state index contributed by atoms with van der Waals surface area (Å²) < 4.78 is 16.1. The van der Waals surface area contributed by atoms with Crippen molar-refractivity contribution in [2.45, 2.75) is 92.2 Å². The zero-order chi connectivity index (χ0) is 27.3. The van der Waals surface area contributed by atoms with E-state index in [4.69, 9.17) is 14.2 Å². The second-order valence-electron chi connectivity index (χ2n) is 9.75. The summed E-state index contributed by atoms with van der Waals surface area (Å²) in [4.78, 5) is 47.9. The molecule has 36 heavy (non-hydrogen) atoms. The van der Waals surface area contributed by atoms with Crippen molar-refractivity contribution in [1.82, 2.24) is 5.32 Å². The van der Waals surface area contributed by atoms with E-state index in [1.807, 2.05) is 27.7 Å². The van der Waals surface area contributed by atoms with Gasteiger partial charge in [-0.25, -0.2) is 0 Å². The number of ether oxygens (including phenoxy) is 3. The molecule has 1 rings (SSSR count). The molecule has 0 amide bonds. The van der Waals surface area contributed by atoms with Crippen molar-refractivity contribution in [2.75, 3.05) is 6.54 Å². The van der Waals surface area contributed by atoms with Crippen molar-refractivity contribution < 1.29 is 38.5 Å². The molecule has 0 aliphatic carbocycles. The van der Waals surface area contributed by atoms with E-state index in [-0.39, 0.29) is 49.7 Å². The number of nitrogens with one attached hydrogen (secondary N) is 1. The first-order chi connectivity index (χ1) is 16.9. The average molecular weight is 508 g/mol. The largest absolute Gasteiger partial charge is 0.480 e. The van der Waals surface area contributed by atoms with Gasteiger partial charge in [0.1, 0.15) is 12.1 Å². The van der Waals surface area contributed by atoms with Crippen molar-refractivity contribution in [3.05, 3.63) is 23.8 Å². The molecule has 1 aromatic carbocycles. The highest BCUT2D eigenvalue weighted by atomic mass is 16.6. The maximum atomic E-state index is 12.4. The molecule has 0 fully saturated rings. The molecule has 9 nitrogen and oxygen atoms in total. The molecule has 2 N–H and O–H groups in total. The van der Waals surface area contributed by atoms with Gasteiger partial charge in [0.25, 0.3) is 0 Å². The number of carboxylic acid groups (broad SMARTS) is 1. The number of carbonyl (C=O) groups excluding carboxylic acids is 3. The van der Waals surface area contributed by atoms with Crippen LogP contribution in [0.4, 0.5) is 0 Å². The maximum Gasteiger partial charge on any atom is 0.321 e. The van der Waals surface area contributed by atoms with Gasteiger partial charge >= 0.3 is 23.9 Å². The molecular formula is C27H41NO8. The Morgan fingerprint density at radius 3 is 1.92 bits per heavy atom. The van der Waals surface area contributed by atoms with Crippen LogP contribution in [0, 0.1) is 11.8 Å². The van der Waals surface area contributed by atoms with E-state index < -0.39 is 30.1 Å².